The molecule has 1 saturated heterocycles. The monoisotopic (exact) mass is 282 g/mol. The second-order valence-corrected chi connectivity index (χ2v) is 5.17. The first kappa shape index (κ1) is 13.8. The molecule has 21 heavy (non-hydrogen) atoms. The average Bonchev–Trinajstić information content (AvgIpc) is 3.08. The average molecular weight is 282 g/mol. The zero-order valence-corrected chi connectivity index (χ0v) is 11.8. The van der Waals surface area contributed by atoms with Gasteiger partial charge in [0.25, 0.3) is 0 Å². The fourth-order valence-corrected chi connectivity index (χ4v) is 2.43. The van der Waals surface area contributed by atoms with Crippen LogP contribution < -0.4 is 0 Å². The summed E-state index contributed by atoms with van der Waals surface area (Å²) in [5.74, 6) is -0.250. The standard InChI is InChI=1S/C18H18O3/c19-18(17-7-4-12-20-17)21-13-14-8-10-16(11-9-14)15-5-2-1-3-6-15/h1-3,5-6,8-11,17H,4,7,12-13H2/t17-/m1/s1. The molecule has 3 heteroatoms. The molecule has 1 heterocycles. The summed E-state index contributed by atoms with van der Waals surface area (Å²) in [6.07, 6.45) is 1.34. The molecule has 2 aromatic carbocycles. The van der Waals surface area contributed by atoms with Crippen molar-refractivity contribution in [1.29, 1.82) is 0 Å². The van der Waals surface area contributed by atoms with E-state index in [1.165, 1.54) is 5.56 Å². The van der Waals surface area contributed by atoms with Gasteiger partial charge >= 0.3 is 5.97 Å². The summed E-state index contributed by atoms with van der Waals surface area (Å²) in [4.78, 5) is 11.8. The molecule has 0 aliphatic carbocycles. The maximum absolute atomic E-state index is 11.8. The molecule has 1 aliphatic rings. The van der Waals surface area contributed by atoms with Crippen molar-refractivity contribution in [3.63, 3.8) is 0 Å². The first-order valence-electron chi connectivity index (χ1n) is 7.25. The molecule has 0 spiro atoms. The minimum absolute atomic E-state index is 0.250. The van der Waals surface area contributed by atoms with Crippen molar-refractivity contribution in [3.8, 4) is 11.1 Å². The Hall–Kier alpha value is -2.13. The van der Waals surface area contributed by atoms with E-state index in [1.807, 2.05) is 42.5 Å². The number of esters is 1. The van der Waals surface area contributed by atoms with E-state index < -0.39 is 0 Å². The molecule has 1 fully saturated rings. The summed E-state index contributed by atoms with van der Waals surface area (Å²) >= 11 is 0. The molecule has 3 nitrogen and oxygen atoms in total. The van der Waals surface area contributed by atoms with Crippen molar-refractivity contribution >= 4 is 5.97 Å². The lowest BCUT2D eigenvalue weighted by Gasteiger charge is -2.10. The van der Waals surface area contributed by atoms with Crippen molar-refractivity contribution in [1.82, 2.24) is 0 Å². The third-order valence-electron chi connectivity index (χ3n) is 3.63. The van der Waals surface area contributed by atoms with Crippen LogP contribution in [0.2, 0.25) is 0 Å². The highest BCUT2D eigenvalue weighted by Crippen LogP contribution is 2.20. The number of ether oxygens (including phenoxy) is 2. The van der Waals surface area contributed by atoms with Gasteiger partial charge in [-0.3, -0.25) is 0 Å². The zero-order valence-electron chi connectivity index (χ0n) is 11.8. The molecule has 0 aromatic heterocycles. The molecule has 0 bridgehead atoms. The Bertz CT molecular complexity index is 584. The summed E-state index contributed by atoms with van der Waals surface area (Å²) in [5, 5.41) is 0. The molecule has 0 unspecified atom stereocenters. The minimum Gasteiger partial charge on any atom is -0.459 e. The highest BCUT2D eigenvalue weighted by Gasteiger charge is 2.24. The lowest BCUT2D eigenvalue weighted by Crippen LogP contribution is -2.21. The van der Waals surface area contributed by atoms with E-state index in [0.29, 0.717) is 13.2 Å². The predicted octanol–water partition coefficient (Wildman–Crippen LogP) is 3.58. The third-order valence-corrected chi connectivity index (χ3v) is 3.63. The van der Waals surface area contributed by atoms with Crippen LogP contribution in [0, 0.1) is 0 Å². The number of carbonyl (C=O) groups excluding carboxylic acids is 1. The molecular formula is C18H18O3. The van der Waals surface area contributed by atoms with Gasteiger partial charge in [-0.1, -0.05) is 54.6 Å². The molecular weight excluding hydrogens is 264 g/mol. The highest BCUT2D eigenvalue weighted by atomic mass is 16.6. The maximum Gasteiger partial charge on any atom is 0.335 e. The molecule has 1 aliphatic heterocycles. The Kier molecular flexibility index (Phi) is 4.31. The van der Waals surface area contributed by atoms with Crippen molar-refractivity contribution in [2.45, 2.75) is 25.6 Å². The largest absolute Gasteiger partial charge is 0.459 e. The Labute approximate surface area is 124 Å². The van der Waals surface area contributed by atoms with Gasteiger partial charge in [-0.05, 0) is 29.5 Å². The van der Waals surface area contributed by atoms with Crippen LogP contribution in [0.4, 0.5) is 0 Å². The summed E-state index contributed by atoms with van der Waals surface area (Å²) in [6, 6.07) is 18.3. The van der Waals surface area contributed by atoms with Gasteiger partial charge in [0.1, 0.15) is 6.61 Å². The van der Waals surface area contributed by atoms with E-state index in [-0.39, 0.29) is 12.1 Å². The second-order valence-electron chi connectivity index (χ2n) is 5.17. The van der Waals surface area contributed by atoms with Crippen molar-refractivity contribution in [3.05, 3.63) is 60.2 Å². The van der Waals surface area contributed by atoms with Crippen LogP contribution in [-0.2, 0) is 20.9 Å². The van der Waals surface area contributed by atoms with Crippen LogP contribution in [-0.4, -0.2) is 18.7 Å². The molecule has 2 aromatic rings. The summed E-state index contributed by atoms with van der Waals surface area (Å²) in [5.41, 5.74) is 3.33. The lowest BCUT2D eigenvalue weighted by atomic mass is 10.0. The molecule has 0 amide bonds. The summed E-state index contributed by atoms with van der Waals surface area (Å²) < 4.78 is 10.6. The van der Waals surface area contributed by atoms with Gasteiger partial charge in [0.05, 0.1) is 0 Å². The van der Waals surface area contributed by atoms with E-state index in [9.17, 15) is 4.79 Å². The van der Waals surface area contributed by atoms with E-state index in [0.717, 1.165) is 24.0 Å². The van der Waals surface area contributed by atoms with Crippen LogP contribution >= 0.6 is 0 Å². The maximum atomic E-state index is 11.8. The fraction of sp³-hybridized carbons (Fsp3) is 0.278. The first-order chi connectivity index (χ1) is 10.3. The molecule has 0 N–H and O–H groups in total. The van der Waals surface area contributed by atoms with Crippen LogP contribution in [0.3, 0.4) is 0 Å². The fourth-order valence-electron chi connectivity index (χ4n) is 2.43. The highest BCUT2D eigenvalue weighted by molar-refractivity contribution is 5.75. The van der Waals surface area contributed by atoms with Gasteiger partial charge in [0.15, 0.2) is 6.10 Å². The topological polar surface area (TPSA) is 35.5 Å². The third kappa shape index (κ3) is 3.50. The van der Waals surface area contributed by atoms with Crippen LogP contribution in [0.25, 0.3) is 11.1 Å². The quantitative estimate of drug-likeness (QED) is 0.804. The van der Waals surface area contributed by atoms with E-state index in [2.05, 4.69) is 12.1 Å². The Morgan fingerprint density at radius 3 is 2.43 bits per heavy atom. The van der Waals surface area contributed by atoms with Crippen molar-refractivity contribution < 1.29 is 14.3 Å². The summed E-state index contributed by atoms with van der Waals surface area (Å²) in [6.45, 7) is 0.958. The van der Waals surface area contributed by atoms with Crippen LogP contribution in [0.15, 0.2) is 54.6 Å². The predicted molar refractivity (Wildman–Crippen MR) is 80.6 cm³/mol. The Morgan fingerprint density at radius 1 is 1.05 bits per heavy atom. The number of benzene rings is 2. The SMILES string of the molecule is O=C(OCc1ccc(-c2ccccc2)cc1)[C@H]1CCCO1. The number of rotatable bonds is 4. The number of hydrogen-bond donors (Lipinski definition) is 0. The molecule has 1 atom stereocenters. The van der Waals surface area contributed by atoms with E-state index in [1.54, 1.807) is 0 Å². The lowest BCUT2D eigenvalue weighted by molar-refractivity contribution is -0.155. The van der Waals surface area contributed by atoms with Gasteiger partial charge < -0.3 is 9.47 Å². The molecule has 0 saturated carbocycles. The number of hydrogen-bond acceptors (Lipinski definition) is 3. The molecule has 3 rings (SSSR count). The zero-order chi connectivity index (χ0) is 14.5. The smallest absolute Gasteiger partial charge is 0.335 e. The number of carbonyl (C=O) groups is 1. The summed E-state index contributed by atoms with van der Waals surface area (Å²) in [7, 11) is 0. The van der Waals surface area contributed by atoms with Gasteiger partial charge in [0, 0.05) is 6.61 Å². The van der Waals surface area contributed by atoms with Crippen LogP contribution in [0.5, 0.6) is 0 Å². The van der Waals surface area contributed by atoms with Gasteiger partial charge in [-0.25, -0.2) is 4.79 Å². The van der Waals surface area contributed by atoms with Crippen molar-refractivity contribution in [2.24, 2.45) is 0 Å². The second kappa shape index (κ2) is 6.55. The van der Waals surface area contributed by atoms with E-state index in [4.69, 9.17) is 9.47 Å². The first-order valence-corrected chi connectivity index (χ1v) is 7.25. The van der Waals surface area contributed by atoms with E-state index >= 15 is 0 Å². The normalized spacial score (nSPS) is 17.6. The molecule has 108 valence electrons. The minimum atomic E-state index is -0.367. The van der Waals surface area contributed by atoms with Crippen LogP contribution in [0.1, 0.15) is 18.4 Å². The molecule has 0 radical (unpaired) electrons. The Morgan fingerprint density at radius 2 is 1.76 bits per heavy atom. The van der Waals surface area contributed by atoms with Gasteiger partial charge in [0.2, 0.25) is 0 Å². The van der Waals surface area contributed by atoms with Gasteiger partial charge in [-0.15, -0.1) is 0 Å². The van der Waals surface area contributed by atoms with Gasteiger partial charge in [-0.2, -0.15) is 0 Å². The Balaban J connectivity index is 1.58. The van der Waals surface area contributed by atoms with Crippen molar-refractivity contribution in [2.75, 3.05) is 6.61 Å².